The minimum atomic E-state index is 0. The molecule has 0 saturated heterocycles. The van der Waals surface area contributed by atoms with Gasteiger partial charge in [0.15, 0.2) is 0 Å². The third kappa shape index (κ3) is 2.74. The topological polar surface area (TPSA) is 54.7 Å². The second kappa shape index (κ2) is 5.01. The highest BCUT2D eigenvalue weighted by molar-refractivity contribution is 9.11. The fourth-order valence-electron chi connectivity index (χ4n) is 1.18. The zero-order valence-corrected chi connectivity index (χ0v) is 11.5. The van der Waals surface area contributed by atoms with Crippen molar-refractivity contribution in [2.45, 2.75) is 0 Å². The second-order valence-electron chi connectivity index (χ2n) is 2.83. The Kier molecular flexibility index (Phi) is 4.19. The van der Waals surface area contributed by atoms with Crippen LogP contribution in [0.5, 0.6) is 0 Å². The van der Waals surface area contributed by atoms with Crippen molar-refractivity contribution in [3.63, 3.8) is 0 Å². The van der Waals surface area contributed by atoms with Crippen LogP contribution in [0.15, 0.2) is 33.2 Å². The molecule has 0 aliphatic rings. The van der Waals surface area contributed by atoms with Gasteiger partial charge in [-0.25, -0.2) is 0 Å². The van der Waals surface area contributed by atoms with Crippen molar-refractivity contribution in [2.75, 3.05) is 5.73 Å². The Morgan fingerprint density at radius 2 is 1.93 bits per heavy atom. The zero-order chi connectivity index (χ0) is 10.1. The minimum Gasteiger partial charge on any atom is -0.382 e. The number of anilines is 1. The van der Waals surface area contributed by atoms with E-state index in [2.05, 4.69) is 42.1 Å². The number of nitrogen functional groups attached to an aromatic ring is 1. The van der Waals surface area contributed by atoms with E-state index in [4.69, 9.17) is 5.73 Å². The molecule has 3 N–H and O–H groups in total. The summed E-state index contributed by atoms with van der Waals surface area (Å²) in [6.45, 7) is 0. The fraction of sp³-hybridized carbons (Fsp3) is 0. The Balaban J connectivity index is 0.00000112. The lowest BCUT2D eigenvalue weighted by atomic mass is 10.1. The molecule has 0 radical (unpaired) electrons. The molecule has 0 fully saturated rings. The lowest BCUT2D eigenvalue weighted by Gasteiger charge is -2.01. The number of rotatable bonds is 1. The van der Waals surface area contributed by atoms with Crippen LogP contribution >= 0.6 is 44.3 Å². The number of H-pyrrole nitrogens is 1. The maximum Gasteiger partial charge on any atom is 0.145 e. The molecule has 0 spiro atoms. The molecule has 0 aliphatic carbocycles. The summed E-state index contributed by atoms with van der Waals surface area (Å²) in [5.41, 5.74) is 7.46. The summed E-state index contributed by atoms with van der Waals surface area (Å²) in [6, 6.07) is 7.73. The standard InChI is InChI=1S/C9H7Br2N3.ClH/c10-5-1-2-7(11)6(3-5)8-4-9(12)14-13-8;/h1-4H,(H3,12,13,14);1H. The number of hydrogen-bond acceptors (Lipinski definition) is 2. The van der Waals surface area contributed by atoms with Crippen LogP contribution in [0.4, 0.5) is 5.82 Å². The Hall–Kier alpha value is -0.520. The molecule has 1 aromatic heterocycles. The summed E-state index contributed by atoms with van der Waals surface area (Å²) < 4.78 is 2.02. The fourth-order valence-corrected chi connectivity index (χ4v) is 2.00. The average molecular weight is 353 g/mol. The first-order valence-electron chi connectivity index (χ1n) is 3.93. The van der Waals surface area contributed by atoms with Crippen LogP contribution in [0.2, 0.25) is 0 Å². The molecule has 0 aliphatic heterocycles. The predicted octanol–water partition coefficient (Wildman–Crippen LogP) is 3.61. The average Bonchev–Trinajstić information content (AvgIpc) is 2.56. The number of nitrogens with one attached hydrogen (secondary N) is 1. The highest BCUT2D eigenvalue weighted by atomic mass is 79.9. The van der Waals surface area contributed by atoms with E-state index in [1.54, 1.807) is 6.07 Å². The number of nitrogens with zero attached hydrogens (tertiary/aromatic N) is 1. The number of benzene rings is 1. The minimum absolute atomic E-state index is 0. The van der Waals surface area contributed by atoms with Crippen molar-refractivity contribution < 1.29 is 0 Å². The van der Waals surface area contributed by atoms with Crippen LogP contribution in [0, 0.1) is 0 Å². The molecule has 15 heavy (non-hydrogen) atoms. The molecule has 3 nitrogen and oxygen atoms in total. The van der Waals surface area contributed by atoms with E-state index < -0.39 is 0 Å². The highest BCUT2D eigenvalue weighted by Gasteiger charge is 2.06. The van der Waals surface area contributed by atoms with E-state index in [0.29, 0.717) is 5.82 Å². The van der Waals surface area contributed by atoms with Gasteiger partial charge in [0.1, 0.15) is 5.82 Å². The number of nitrogens with two attached hydrogens (primary N) is 1. The quantitative estimate of drug-likeness (QED) is 0.823. The van der Waals surface area contributed by atoms with Crippen LogP contribution in [0.1, 0.15) is 0 Å². The molecule has 0 atom stereocenters. The summed E-state index contributed by atoms with van der Waals surface area (Å²) in [5.74, 6) is 0.492. The molecular formula is C9H8Br2ClN3. The molecule has 0 saturated carbocycles. The van der Waals surface area contributed by atoms with E-state index >= 15 is 0 Å². The Morgan fingerprint density at radius 3 is 2.53 bits per heavy atom. The van der Waals surface area contributed by atoms with Crippen molar-refractivity contribution >= 4 is 50.1 Å². The van der Waals surface area contributed by atoms with Gasteiger partial charge >= 0.3 is 0 Å². The largest absolute Gasteiger partial charge is 0.382 e. The first-order chi connectivity index (χ1) is 6.66. The van der Waals surface area contributed by atoms with Crippen molar-refractivity contribution in [1.82, 2.24) is 10.2 Å². The van der Waals surface area contributed by atoms with E-state index in [1.807, 2.05) is 18.2 Å². The Bertz CT molecular complexity index is 470. The first kappa shape index (κ1) is 12.5. The number of aromatic nitrogens is 2. The molecule has 2 rings (SSSR count). The van der Waals surface area contributed by atoms with Gasteiger partial charge in [-0.3, -0.25) is 5.10 Å². The smallest absolute Gasteiger partial charge is 0.145 e. The van der Waals surface area contributed by atoms with Crippen LogP contribution in [-0.2, 0) is 0 Å². The Labute approximate surface area is 110 Å². The number of hydrogen-bond donors (Lipinski definition) is 2. The van der Waals surface area contributed by atoms with Crippen molar-refractivity contribution in [2.24, 2.45) is 0 Å². The summed E-state index contributed by atoms with van der Waals surface area (Å²) in [5, 5.41) is 6.74. The van der Waals surface area contributed by atoms with Crippen molar-refractivity contribution in [1.29, 1.82) is 0 Å². The Morgan fingerprint density at radius 1 is 1.20 bits per heavy atom. The lowest BCUT2D eigenvalue weighted by Crippen LogP contribution is -1.81. The van der Waals surface area contributed by atoms with Gasteiger partial charge in [0.05, 0.1) is 5.69 Å². The SMILES string of the molecule is Cl.Nc1cc(-c2cc(Br)ccc2Br)[nH]n1. The summed E-state index contributed by atoms with van der Waals surface area (Å²) in [4.78, 5) is 0. The van der Waals surface area contributed by atoms with E-state index in [9.17, 15) is 0 Å². The predicted molar refractivity (Wildman–Crippen MR) is 71.1 cm³/mol. The number of aromatic amines is 1. The van der Waals surface area contributed by atoms with Gasteiger partial charge in [-0.1, -0.05) is 31.9 Å². The molecule has 1 heterocycles. The van der Waals surface area contributed by atoms with Gasteiger partial charge in [0, 0.05) is 20.6 Å². The molecule has 1 aromatic carbocycles. The lowest BCUT2D eigenvalue weighted by molar-refractivity contribution is 1.10. The first-order valence-corrected chi connectivity index (χ1v) is 5.52. The zero-order valence-electron chi connectivity index (χ0n) is 7.50. The molecule has 6 heteroatoms. The highest BCUT2D eigenvalue weighted by Crippen LogP contribution is 2.30. The van der Waals surface area contributed by atoms with Gasteiger partial charge in [0.2, 0.25) is 0 Å². The van der Waals surface area contributed by atoms with Crippen molar-refractivity contribution in [3.8, 4) is 11.3 Å². The summed E-state index contributed by atoms with van der Waals surface area (Å²) in [7, 11) is 0. The molecule has 0 unspecified atom stereocenters. The molecule has 80 valence electrons. The monoisotopic (exact) mass is 351 g/mol. The van der Waals surface area contributed by atoms with E-state index in [1.165, 1.54) is 0 Å². The van der Waals surface area contributed by atoms with Crippen LogP contribution in [0.3, 0.4) is 0 Å². The van der Waals surface area contributed by atoms with Gasteiger partial charge in [0.25, 0.3) is 0 Å². The van der Waals surface area contributed by atoms with E-state index in [0.717, 1.165) is 20.2 Å². The molecule has 0 bridgehead atoms. The van der Waals surface area contributed by atoms with Crippen LogP contribution < -0.4 is 5.73 Å². The van der Waals surface area contributed by atoms with Gasteiger partial charge < -0.3 is 5.73 Å². The second-order valence-corrected chi connectivity index (χ2v) is 4.60. The third-order valence-electron chi connectivity index (χ3n) is 1.82. The van der Waals surface area contributed by atoms with Gasteiger partial charge in [-0.2, -0.15) is 5.10 Å². The normalized spacial score (nSPS) is 9.73. The maximum atomic E-state index is 5.53. The summed E-state index contributed by atoms with van der Waals surface area (Å²) >= 11 is 6.88. The third-order valence-corrected chi connectivity index (χ3v) is 3.00. The number of halogens is 3. The van der Waals surface area contributed by atoms with Crippen molar-refractivity contribution in [3.05, 3.63) is 33.2 Å². The summed E-state index contributed by atoms with van der Waals surface area (Å²) in [6.07, 6.45) is 0. The van der Waals surface area contributed by atoms with Gasteiger partial charge in [-0.15, -0.1) is 12.4 Å². The van der Waals surface area contributed by atoms with Gasteiger partial charge in [-0.05, 0) is 18.2 Å². The van der Waals surface area contributed by atoms with Crippen LogP contribution in [-0.4, -0.2) is 10.2 Å². The van der Waals surface area contributed by atoms with Crippen LogP contribution in [0.25, 0.3) is 11.3 Å². The maximum absolute atomic E-state index is 5.53. The molecule has 0 amide bonds. The molecule has 2 aromatic rings. The van der Waals surface area contributed by atoms with E-state index in [-0.39, 0.29) is 12.4 Å². The molecular weight excluding hydrogens is 345 g/mol.